The summed E-state index contributed by atoms with van der Waals surface area (Å²) < 4.78 is 4.64. The topological polar surface area (TPSA) is 102 Å². The second kappa shape index (κ2) is 9.66. The number of carbonyl (C=O) groups is 4. The lowest BCUT2D eigenvalue weighted by atomic mass is 10.1. The van der Waals surface area contributed by atoms with Gasteiger partial charge in [0.15, 0.2) is 5.78 Å². The zero-order valence-electron chi connectivity index (χ0n) is 16.0. The van der Waals surface area contributed by atoms with E-state index in [1.54, 1.807) is 24.3 Å². The van der Waals surface area contributed by atoms with Crippen LogP contribution in [0.1, 0.15) is 34.6 Å². The number of benzene rings is 2. The molecule has 2 N–H and O–H groups in total. The molecule has 0 heterocycles. The van der Waals surface area contributed by atoms with E-state index in [2.05, 4.69) is 15.4 Å². The number of esters is 1. The Morgan fingerprint density at radius 2 is 1.55 bits per heavy atom. The number of halogens is 1. The maximum absolute atomic E-state index is 12.4. The highest BCUT2D eigenvalue weighted by Crippen LogP contribution is 2.24. The van der Waals surface area contributed by atoms with Crippen molar-refractivity contribution in [2.24, 2.45) is 0 Å². The molecule has 0 aliphatic heterocycles. The summed E-state index contributed by atoms with van der Waals surface area (Å²) in [5.74, 6) is -1.72. The van der Waals surface area contributed by atoms with Crippen molar-refractivity contribution in [1.82, 2.24) is 0 Å². The third kappa shape index (κ3) is 6.02. The molecule has 0 aliphatic carbocycles. The van der Waals surface area contributed by atoms with Gasteiger partial charge in [-0.3, -0.25) is 14.4 Å². The van der Waals surface area contributed by atoms with Gasteiger partial charge in [-0.15, -0.1) is 0 Å². The second-order valence-corrected chi connectivity index (χ2v) is 6.50. The number of Topliss-reactive ketones (excluding diaryl/α,β-unsaturated/α-hetero) is 1. The van der Waals surface area contributed by atoms with Crippen molar-refractivity contribution in [3.05, 3.63) is 70.3 Å². The number of ether oxygens (including phenoxy) is 1. The fourth-order valence-electron chi connectivity index (χ4n) is 2.32. The van der Waals surface area contributed by atoms with Crippen molar-refractivity contribution in [2.75, 3.05) is 17.7 Å². The van der Waals surface area contributed by atoms with Crippen molar-refractivity contribution in [1.29, 1.82) is 0 Å². The Bertz CT molecular complexity index is 997. The van der Waals surface area contributed by atoms with Crippen LogP contribution in [0.2, 0.25) is 5.02 Å². The third-order valence-corrected chi connectivity index (χ3v) is 4.23. The minimum absolute atomic E-state index is 0.0785. The molecule has 0 radical (unpaired) electrons. The first-order valence-electron chi connectivity index (χ1n) is 8.50. The Kier molecular flexibility index (Phi) is 7.27. The van der Waals surface area contributed by atoms with Crippen molar-refractivity contribution >= 4 is 46.5 Å². The normalized spacial score (nSPS) is 10.8. The molecule has 150 valence electrons. The van der Waals surface area contributed by atoms with Gasteiger partial charge in [0.25, 0.3) is 5.91 Å². The first kappa shape index (κ1) is 21.8. The van der Waals surface area contributed by atoms with Crippen LogP contribution in [0.4, 0.5) is 11.4 Å². The molecule has 2 amide bonds. The fraction of sp³-hybridized carbons (Fsp3) is 0.143. The number of ketones is 1. The van der Waals surface area contributed by atoms with Crippen molar-refractivity contribution in [3.63, 3.8) is 0 Å². The molecule has 0 bridgehead atoms. The minimum atomic E-state index is -0.570. The Labute approximate surface area is 172 Å². The monoisotopic (exact) mass is 414 g/mol. The van der Waals surface area contributed by atoms with Crippen LogP contribution in [0.5, 0.6) is 0 Å². The van der Waals surface area contributed by atoms with Gasteiger partial charge in [0, 0.05) is 22.9 Å². The van der Waals surface area contributed by atoms with Gasteiger partial charge in [0.2, 0.25) is 5.91 Å². The molecule has 2 aromatic rings. The number of hydrogen-bond donors (Lipinski definition) is 2. The maximum Gasteiger partial charge on any atom is 0.337 e. The van der Waals surface area contributed by atoms with E-state index in [1.807, 2.05) is 0 Å². The van der Waals surface area contributed by atoms with Gasteiger partial charge >= 0.3 is 5.97 Å². The van der Waals surface area contributed by atoms with Gasteiger partial charge in [-0.1, -0.05) is 11.6 Å². The highest BCUT2D eigenvalue weighted by Gasteiger charge is 2.13. The third-order valence-electron chi connectivity index (χ3n) is 3.90. The Morgan fingerprint density at radius 1 is 0.931 bits per heavy atom. The van der Waals surface area contributed by atoms with Gasteiger partial charge in [0.05, 0.1) is 23.4 Å². The molecule has 0 atom stereocenters. The van der Waals surface area contributed by atoms with E-state index in [4.69, 9.17) is 11.6 Å². The maximum atomic E-state index is 12.4. The predicted molar refractivity (Wildman–Crippen MR) is 110 cm³/mol. The summed E-state index contributed by atoms with van der Waals surface area (Å²) in [5.41, 5.74) is 1.58. The van der Waals surface area contributed by atoms with Crippen LogP contribution < -0.4 is 10.6 Å². The molecule has 7 nitrogen and oxygen atoms in total. The predicted octanol–water partition coefficient (Wildman–Crippen LogP) is 3.85. The lowest BCUT2D eigenvalue weighted by molar-refractivity contribution is -0.114. The Morgan fingerprint density at radius 3 is 2.14 bits per heavy atom. The summed E-state index contributed by atoms with van der Waals surface area (Å²) in [5, 5.41) is 5.39. The highest BCUT2D eigenvalue weighted by atomic mass is 35.5. The summed E-state index contributed by atoms with van der Waals surface area (Å²) in [4.78, 5) is 47.4. The summed E-state index contributed by atoms with van der Waals surface area (Å²) in [6, 6.07) is 10.7. The van der Waals surface area contributed by atoms with Crippen LogP contribution >= 0.6 is 11.6 Å². The van der Waals surface area contributed by atoms with E-state index in [0.717, 1.165) is 6.08 Å². The van der Waals surface area contributed by atoms with E-state index >= 15 is 0 Å². The first-order valence-corrected chi connectivity index (χ1v) is 8.88. The molecule has 0 saturated carbocycles. The quantitative estimate of drug-likeness (QED) is 0.424. The fourth-order valence-corrected chi connectivity index (χ4v) is 2.48. The average molecular weight is 415 g/mol. The van der Waals surface area contributed by atoms with E-state index in [-0.39, 0.29) is 27.6 Å². The number of methoxy groups -OCH3 is 1. The van der Waals surface area contributed by atoms with Gasteiger partial charge < -0.3 is 15.4 Å². The molecule has 0 aliphatic rings. The minimum Gasteiger partial charge on any atom is -0.465 e. The van der Waals surface area contributed by atoms with Gasteiger partial charge in [0.1, 0.15) is 0 Å². The highest BCUT2D eigenvalue weighted by molar-refractivity contribution is 6.34. The molecule has 2 rings (SSSR count). The van der Waals surface area contributed by atoms with Crippen LogP contribution in [-0.4, -0.2) is 30.7 Å². The number of anilines is 2. The first-order chi connectivity index (χ1) is 13.7. The molecule has 0 unspecified atom stereocenters. The molecule has 0 saturated heterocycles. The number of carbonyl (C=O) groups excluding carboxylic acids is 4. The van der Waals surface area contributed by atoms with E-state index in [0.29, 0.717) is 11.3 Å². The van der Waals surface area contributed by atoms with E-state index < -0.39 is 17.8 Å². The van der Waals surface area contributed by atoms with Crippen LogP contribution in [0.3, 0.4) is 0 Å². The van der Waals surface area contributed by atoms with Crippen LogP contribution in [-0.2, 0) is 14.3 Å². The van der Waals surface area contributed by atoms with Gasteiger partial charge in [-0.25, -0.2) is 4.79 Å². The number of rotatable bonds is 6. The molecular formula is C21H19ClN2O5. The second-order valence-electron chi connectivity index (χ2n) is 6.09. The van der Waals surface area contributed by atoms with Gasteiger partial charge in [-0.05, 0) is 56.3 Å². The number of nitrogens with one attached hydrogen (secondary N) is 2. The summed E-state index contributed by atoms with van der Waals surface area (Å²) in [7, 11) is 1.24. The smallest absolute Gasteiger partial charge is 0.337 e. The lowest BCUT2D eigenvalue weighted by Crippen LogP contribution is -2.17. The van der Waals surface area contributed by atoms with Crippen molar-refractivity contribution in [3.8, 4) is 0 Å². The van der Waals surface area contributed by atoms with Crippen LogP contribution in [0, 0.1) is 0 Å². The van der Waals surface area contributed by atoms with Crippen LogP contribution in [0.25, 0.3) is 0 Å². The Hall–Kier alpha value is -3.45. The molecule has 0 aromatic heterocycles. The van der Waals surface area contributed by atoms with Crippen molar-refractivity contribution < 1.29 is 23.9 Å². The van der Waals surface area contributed by atoms with Crippen molar-refractivity contribution in [2.45, 2.75) is 13.8 Å². The van der Waals surface area contributed by atoms with E-state index in [1.165, 1.54) is 39.2 Å². The Balaban J connectivity index is 2.07. The number of amides is 2. The summed E-state index contributed by atoms with van der Waals surface area (Å²) >= 11 is 6.05. The van der Waals surface area contributed by atoms with Gasteiger partial charge in [-0.2, -0.15) is 0 Å². The molecule has 29 heavy (non-hydrogen) atoms. The molecular weight excluding hydrogens is 396 g/mol. The lowest BCUT2D eigenvalue weighted by Gasteiger charge is -2.09. The standard InChI is InChI=1S/C21H19ClN2O5/c1-12(10-19(26)23-16-7-4-14(5-8-16)13(2)25)20(27)24-18-11-15(21(28)29-3)6-9-17(18)22/h4-11H,1-3H3,(H,23,26)(H,24,27)/b12-10-. The molecule has 2 aromatic carbocycles. The largest absolute Gasteiger partial charge is 0.465 e. The SMILES string of the molecule is COC(=O)c1ccc(Cl)c(NC(=O)/C(C)=C\C(=O)Nc2ccc(C(C)=O)cc2)c1. The zero-order chi connectivity index (χ0) is 21.6. The van der Waals surface area contributed by atoms with Crippen LogP contribution in [0.15, 0.2) is 54.1 Å². The van der Waals surface area contributed by atoms with E-state index in [9.17, 15) is 19.2 Å². The summed E-state index contributed by atoms with van der Waals surface area (Å²) in [6.07, 6.45) is 1.13. The molecule has 0 spiro atoms. The molecule has 8 heteroatoms. The zero-order valence-corrected chi connectivity index (χ0v) is 16.8. The average Bonchev–Trinajstić information content (AvgIpc) is 2.69. The molecule has 0 fully saturated rings. The number of hydrogen-bond acceptors (Lipinski definition) is 5. The summed E-state index contributed by atoms with van der Waals surface area (Å²) in [6.45, 7) is 2.91.